The molecule has 0 spiro atoms. The molecule has 2 aliphatic rings. The second-order valence-corrected chi connectivity index (χ2v) is 6.89. The van der Waals surface area contributed by atoms with Gasteiger partial charge in [-0.2, -0.15) is 0 Å². The van der Waals surface area contributed by atoms with Gasteiger partial charge in [0.1, 0.15) is 0 Å². The van der Waals surface area contributed by atoms with Gasteiger partial charge in [0.15, 0.2) is 0 Å². The molecule has 3 unspecified atom stereocenters. The topological polar surface area (TPSA) is 15.3 Å². The van der Waals surface area contributed by atoms with Crippen LogP contribution in [-0.4, -0.2) is 36.1 Å². The first-order chi connectivity index (χ1) is 8.61. The molecule has 0 amide bonds. The zero-order chi connectivity index (χ0) is 13.1. The van der Waals surface area contributed by atoms with Gasteiger partial charge in [-0.3, -0.25) is 4.90 Å². The average molecular weight is 252 g/mol. The lowest BCUT2D eigenvalue weighted by atomic mass is 9.88. The molecule has 1 saturated heterocycles. The number of nitrogens with zero attached hydrogens (tertiary/aromatic N) is 1. The molecule has 2 rings (SSSR count). The van der Waals surface area contributed by atoms with Gasteiger partial charge in [0.25, 0.3) is 0 Å². The van der Waals surface area contributed by atoms with E-state index in [1.54, 1.807) is 0 Å². The van der Waals surface area contributed by atoms with Crippen LogP contribution in [0, 0.1) is 11.8 Å². The maximum Gasteiger partial charge on any atom is 0.0246 e. The highest BCUT2D eigenvalue weighted by Crippen LogP contribution is 2.28. The van der Waals surface area contributed by atoms with Crippen LogP contribution in [0.15, 0.2) is 0 Å². The van der Waals surface area contributed by atoms with E-state index >= 15 is 0 Å². The minimum absolute atomic E-state index is 0.731. The molecule has 1 N–H and O–H groups in total. The molecule has 3 atom stereocenters. The summed E-state index contributed by atoms with van der Waals surface area (Å²) < 4.78 is 0. The highest BCUT2D eigenvalue weighted by atomic mass is 15.2. The Morgan fingerprint density at radius 1 is 1.17 bits per heavy atom. The summed E-state index contributed by atoms with van der Waals surface area (Å²) in [4.78, 5) is 2.80. The zero-order valence-electron chi connectivity index (χ0n) is 12.8. The maximum absolute atomic E-state index is 3.75. The summed E-state index contributed by atoms with van der Waals surface area (Å²) in [6.45, 7) is 12.1. The van der Waals surface area contributed by atoms with Crippen LogP contribution >= 0.6 is 0 Å². The van der Waals surface area contributed by atoms with E-state index in [0.717, 1.165) is 30.0 Å². The van der Waals surface area contributed by atoms with E-state index in [1.165, 1.54) is 45.2 Å². The van der Waals surface area contributed by atoms with Gasteiger partial charge in [-0.05, 0) is 44.4 Å². The predicted octanol–water partition coefficient (Wildman–Crippen LogP) is 3.27. The highest BCUT2D eigenvalue weighted by molar-refractivity contribution is 4.89. The molecule has 106 valence electrons. The van der Waals surface area contributed by atoms with Gasteiger partial charge < -0.3 is 5.32 Å². The Balaban J connectivity index is 1.92. The SMILES string of the molecule is CCC1CCC(C)N(C(CNC2CC2)C(C)C)C1. The van der Waals surface area contributed by atoms with Gasteiger partial charge in [-0.15, -0.1) is 0 Å². The van der Waals surface area contributed by atoms with Crippen molar-refractivity contribution in [2.75, 3.05) is 13.1 Å². The van der Waals surface area contributed by atoms with Crippen LogP contribution in [0.2, 0.25) is 0 Å². The van der Waals surface area contributed by atoms with E-state index in [-0.39, 0.29) is 0 Å². The van der Waals surface area contributed by atoms with Crippen LogP contribution in [0.25, 0.3) is 0 Å². The van der Waals surface area contributed by atoms with Crippen molar-refractivity contribution < 1.29 is 0 Å². The largest absolute Gasteiger partial charge is 0.312 e. The molecule has 0 aromatic rings. The van der Waals surface area contributed by atoms with Gasteiger partial charge in [-0.25, -0.2) is 0 Å². The van der Waals surface area contributed by atoms with E-state index in [1.807, 2.05) is 0 Å². The van der Waals surface area contributed by atoms with E-state index < -0.39 is 0 Å². The summed E-state index contributed by atoms with van der Waals surface area (Å²) in [5, 5.41) is 3.75. The van der Waals surface area contributed by atoms with Crippen molar-refractivity contribution in [3.05, 3.63) is 0 Å². The van der Waals surface area contributed by atoms with E-state index in [9.17, 15) is 0 Å². The second-order valence-electron chi connectivity index (χ2n) is 6.89. The molecule has 2 fully saturated rings. The summed E-state index contributed by atoms with van der Waals surface area (Å²) in [6, 6.07) is 2.35. The van der Waals surface area contributed by atoms with Crippen molar-refractivity contribution in [2.24, 2.45) is 11.8 Å². The second kappa shape index (κ2) is 6.38. The van der Waals surface area contributed by atoms with Crippen molar-refractivity contribution >= 4 is 0 Å². The van der Waals surface area contributed by atoms with Gasteiger partial charge in [0.05, 0.1) is 0 Å². The number of hydrogen-bond acceptors (Lipinski definition) is 2. The van der Waals surface area contributed by atoms with Crippen molar-refractivity contribution in [1.29, 1.82) is 0 Å². The Morgan fingerprint density at radius 3 is 2.44 bits per heavy atom. The molecular formula is C16H32N2. The number of nitrogens with one attached hydrogen (secondary N) is 1. The Bertz CT molecular complexity index is 247. The monoisotopic (exact) mass is 252 g/mol. The summed E-state index contributed by atoms with van der Waals surface area (Å²) in [5.74, 6) is 1.69. The number of likely N-dealkylation sites (tertiary alicyclic amines) is 1. The standard InChI is InChI=1S/C16H32N2/c1-5-14-7-6-13(4)18(11-14)16(12(2)3)10-17-15-8-9-15/h12-17H,5-11H2,1-4H3. The first kappa shape index (κ1) is 14.3. The Hall–Kier alpha value is -0.0800. The summed E-state index contributed by atoms with van der Waals surface area (Å²) >= 11 is 0. The van der Waals surface area contributed by atoms with E-state index in [4.69, 9.17) is 0 Å². The molecule has 1 aliphatic heterocycles. The number of hydrogen-bond donors (Lipinski definition) is 1. The van der Waals surface area contributed by atoms with Crippen molar-refractivity contribution in [3.63, 3.8) is 0 Å². The molecular weight excluding hydrogens is 220 g/mol. The molecule has 0 aromatic heterocycles. The lowest BCUT2D eigenvalue weighted by Crippen LogP contribution is -2.53. The Kier molecular flexibility index (Phi) is 5.08. The minimum Gasteiger partial charge on any atom is -0.312 e. The van der Waals surface area contributed by atoms with Gasteiger partial charge in [0, 0.05) is 31.2 Å². The third-order valence-corrected chi connectivity index (χ3v) is 4.99. The van der Waals surface area contributed by atoms with Crippen LogP contribution in [0.4, 0.5) is 0 Å². The van der Waals surface area contributed by atoms with E-state index in [2.05, 4.69) is 37.9 Å². The van der Waals surface area contributed by atoms with Gasteiger partial charge in [0.2, 0.25) is 0 Å². The molecule has 1 heterocycles. The van der Waals surface area contributed by atoms with Crippen LogP contribution < -0.4 is 5.32 Å². The lowest BCUT2D eigenvalue weighted by Gasteiger charge is -2.44. The average Bonchev–Trinajstić information content (AvgIpc) is 3.15. The molecule has 0 bridgehead atoms. The fourth-order valence-electron chi connectivity index (χ4n) is 3.32. The quantitative estimate of drug-likeness (QED) is 0.780. The molecule has 18 heavy (non-hydrogen) atoms. The van der Waals surface area contributed by atoms with Crippen LogP contribution in [-0.2, 0) is 0 Å². The molecule has 0 aromatic carbocycles. The normalized spacial score (nSPS) is 31.8. The maximum atomic E-state index is 3.75. The third kappa shape index (κ3) is 3.71. The van der Waals surface area contributed by atoms with Crippen molar-refractivity contribution in [1.82, 2.24) is 10.2 Å². The van der Waals surface area contributed by atoms with Crippen LogP contribution in [0.3, 0.4) is 0 Å². The first-order valence-electron chi connectivity index (χ1n) is 8.11. The molecule has 1 saturated carbocycles. The molecule has 2 nitrogen and oxygen atoms in total. The van der Waals surface area contributed by atoms with E-state index in [0.29, 0.717) is 0 Å². The Morgan fingerprint density at radius 2 is 1.89 bits per heavy atom. The van der Waals surface area contributed by atoms with Crippen molar-refractivity contribution in [2.45, 2.75) is 77.9 Å². The van der Waals surface area contributed by atoms with Crippen molar-refractivity contribution in [3.8, 4) is 0 Å². The van der Waals surface area contributed by atoms with Gasteiger partial charge >= 0.3 is 0 Å². The smallest absolute Gasteiger partial charge is 0.0246 e. The first-order valence-corrected chi connectivity index (χ1v) is 8.11. The number of rotatable bonds is 6. The summed E-state index contributed by atoms with van der Waals surface area (Å²) in [7, 11) is 0. The lowest BCUT2D eigenvalue weighted by molar-refractivity contribution is 0.0484. The Labute approximate surface area is 114 Å². The summed E-state index contributed by atoms with van der Waals surface area (Å²) in [5.41, 5.74) is 0. The predicted molar refractivity (Wildman–Crippen MR) is 78.8 cm³/mol. The van der Waals surface area contributed by atoms with Crippen LogP contribution in [0.1, 0.15) is 59.8 Å². The van der Waals surface area contributed by atoms with Crippen LogP contribution in [0.5, 0.6) is 0 Å². The summed E-state index contributed by atoms with van der Waals surface area (Å²) in [6.07, 6.45) is 6.99. The number of piperidine rings is 1. The highest BCUT2D eigenvalue weighted by Gasteiger charge is 2.32. The molecule has 1 aliphatic carbocycles. The minimum atomic E-state index is 0.731. The molecule has 2 heteroatoms. The zero-order valence-corrected chi connectivity index (χ0v) is 12.8. The fraction of sp³-hybridized carbons (Fsp3) is 1.00. The third-order valence-electron chi connectivity index (χ3n) is 4.99. The molecule has 0 radical (unpaired) electrons. The van der Waals surface area contributed by atoms with Gasteiger partial charge in [-0.1, -0.05) is 27.2 Å². The fourth-order valence-corrected chi connectivity index (χ4v) is 3.32.